The van der Waals surface area contributed by atoms with Crippen molar-refractivity contribution in [3.63, 3.8) is 0 Å². The normalized spacial score (nSPS) is 15.0. The van der Waals surface area contributed by atoms with Crippen molar-refractivity contribution in [2.75, 3.05) is 32.8 Å². The number of hydrogen-bond donors (Lipinski definition) is 1. The molecular formula is C22H25NO3. The first-order chi connectivity index (χ1) is 12.7. The molecule has 26 heavy (non-hydrogen) atoms. The van der Waals surface area contributed by atoms with Crippen molar-refractivity contribution in [2.24, 2.45) is 0 Å². The van der Waals surface area contributed by atoms with Gasteiger partial charge in [-0.25, -0.2) is 4.79 Å². The lowest BCUT2D eigenvalue weighted by Crippen LogP contribution is -2.34. The second-order valence-electron chi connectivity index (χ2n) is 6.50. The predicted molar refractivity (Wildman–Crippen MR) is 103 cm³/mol. The molecule has 0 aliphatic carbocycles. The highest BCUT2D eigenvalue weighted by atomic mass is 16.5. The molecule has 0 atom stereocenters. The van der Waals surface area contributed by atoms with Crippen LogP contribution < -0.4 is 0 Å². The van der Waals surface area contributed by atoms with Crippen molar-refractivity contribution in [3.05, 3.63) is 77.4 Å². The summed E-state index contributed by atoms with van der Waals surface area (Å²) in [5.41, 5.74) is 5.39. The summed E-state index contributed by atoms with van der Waals surface area (Å²) in [6, 6.07) is 21.2. The molecule has 2 aromatic carbocycles. The zero-order valence-electron chi connectivity index (χ0n) is 14.9. The van der Waals surface area contributed by atoms with Gasteiger partial charge in [-0.2, -0.15) is 0 Å². The summed E-state index contributed by atoms with van der Waals surface area (Å²) < 4.78 is 5.16. The van der Waals surface area contributed by atoms with E-state index in [9.17, 15) is 4.79 Å². The van der Waals surface area contributed by atoms with E-state index in [1.807, 2.05) is 0 Å². The molecule has 1 saturated heterocycles. The Bertz CT molecular complexity index is 689. The molecule has 4 heteroatoms. The van der Waals surface area contributed by atoms with Crippen molar-refractivity contribution in [3.8, 4) is 0 Å². The lowest BCUT2D eigenvalue weighted by Gasteiger charge is -2.30. The number of likely N-dealkylation sites (tertiary alicyclic amines) is 1. The van der Waals surface area contributed by atoms with Crippen molar-refractivity contribution < 1.29 is 14.6 Å². The molecule has 1 fully saturated rings. The van der Waals surface area contributed by atoms with Gasteiger partial charge in [-0.1, -0.05) is 66.2 Å². The molecule has 0 bridgehead atoms. The molecule has 1 aliphatic heterocycles. The fraction of sp³-hybridized carbons (Fsp3) is 0.318. The lowest BCUT2D eigenvalue weighted by atomic mass is 9.88. The SMILES string of the molecule is O=C(O)COCCN1CCC(=C(c2ccccc2)c2ccccc2)CC1. The van der Waals surface area contributed by atoms with Crippen LogP contribution in [0.5, 0.6) is 0 Å². The van der Waals surface area contributed by atoms with E-state index in [-0.39, 0.29) is 6.61 Å². The van der Waals surface area contributed by atoms with Crippen molar-refractivity contribution in [1.29, 1.82) is 0 Å². The highest BCUT2D eigenvalue weighted by Gasteiger charge is 2.18. The Kier molecular flexibility index (Phi) is 6.58. The van der Waals surface area contributed by atoms with Crippen LogP contribution in [-0.2, 0) is 9.53 Å². The van der Waals surface area contributed by atoms with E-state index < -0.39 is 5.97 Å². The maximum atomic E-state index is 10.5. The summed E-state index contributed by atoms with van der Waals surface area (Å²) >= 11 is 0. The number of nitrogens with zero attached hydrogens (tertiary/aromatic N) is 1. The first-order valence-corrected chi connectivity index (χ1v) is 9.09. The number of carbonyl (C=O) groups is 1. The summed E-state index contributed by atoms with van der Waals surface area (Å²) in [7, 11) is 0. The van der Waals surface area contributed by atoms with Crippen LogP contribution in [0, 0.1) is 0 Å². The Balaban J connectivity index is 1.70. The number of carboxylic acid groups (broad SMARTS) is 1. The van der Waals surface area contributed by atoms with Gasteiger partial charge in [0.1, 0.15) is 6.61 Å². The minimum absolute atomic E-state index is 0.217. The van der Waals surface area contributed by atoms with Gasteiger partial charge in [0.2, 0.25) is 0 Å². The Morgan fingerprint density at radius 1 is 0.923 bits per heavy atom. The Morgan fingerprint density at radius 2 is 1.46 bits per heavy atom. The van der Waals surface area contributed by atoms with Crippen LogP contribution in [0.1, 0.15) is 24.0 Å². The molecule has 0 unspecified atom stereocenters. The zero-order valence-corrected chi connectivity index (χ0v) is 14.9. The third kappa shape index (κ3) is 5.04. The van der Waals surface area contributed by atoms with Gasteiger partial charge in [0.15, 0.2) is 0 Å². The maximum Gasteiger partial charge on any atom is 0.329 e. The number of aliphatic carboxylic acids is 1. The fourth-order valence-corrected chi connectivity index (χ4v) is 3.43. The van der Waals surface area contributed by atoms with E-state index in [4.69, 9.17) is 9.84 Å². The molecule has 2 aromatic rings. The monoisotopic (exact) mass is 351 g/mol. The molecule has 0 amide bonds. The summed E-state index contributed by atoms with van der Waals surface area (Å²) in [6.07, 6.45) is 2.05. The summed E-state index contributed by atoms with van der Waals surface area (Å²) in [6.45, 7) is 3.00. The van der Waals surface area contributed by atoms with E-state index in [0.29, 0.717) is 6.61 Å². The lowest BCUT2D eigenvalue weighted by molar-refractivity contribution is -0.142. The summed E-state index contributed by atoms with van der Waals surface area (Å²) in [4.78, 5) is 12.8. The summed E-state index contributed by atoms with van der Waals surface area (Å²) in [5.74, 6) is -0.913. The van der Waals surface area contributed by atoms with Gasteiger partial charge < -0.3 is 14.7 Å². The third-order valence-electron chi connectivity index (χ3n) is 4.72. The van der Waals surface area contributed by atoms with E-state index >= 15 is 0 Å². The van der Waals surface area contributed by atoms with E-state index in [1.165, 1.54) is 22.3 Å². The molecule has 0 radical (unpaired) electrons. The smallest absolute Gasteiger partial charge is 0.329 e. The Morgan fingerprint density at radius 3 is 1.96 bits per heavy atom. The molecule has 4 nitrogen and oxygen atoms in total. The molecule has 0 aromatic heterocycles. The highest BCUT2D eigenvalue weighted by Crippen LogP contribution is 2.32. The fourth-order valence-electron chi connectivity index (χ4n) is 3.43. The number of benzene rings is 2. The van der Waals surface area contributed by atoms with Crippen LogP contribution in [0.4, 0.5) is 0 Å². The number of hydrogen-bond acceptors (Lipinski definition) is 3. The average molecular weight is 351 g/mol. The number of ether oxygens (including phenoxy) is 1. The number of rotatable bonds is 7. The van der Waals surface area contributed by atoms with Crippen LogP contribution in [0.2, 0.25) is 0 Å². The van der Waals surface area contributed by atoms with Crippen LogP contribution >= 0.6 is 0 Å². The summed E-state index contributed by atoms with van der Waals surface area (Å²) in [5, 5.41) is 8.62. The first-order valence-electron chi connectivity index (χ1n) is 9.09. The molecule has 1 heterocycles. The maximum absolute atomic E-state index is 10.5. The standard InChI is InChI=1S/C22H25NO3/c24-21(25)17-26-16-15-23-13-11-20(12-14-23)22(18-7-3-1-4-8-18)19-9-5-2-6-10-19/h1-10H,11-17H2,(H,24,25). The van der Waals surface area contributed by atoms with Gasteiger partial charge in [0.25, 0.3) is 0 Å². The predicted octanol–water partition coefficient (Wildman–Crippen LogP) is 3.69. The molecular weight excluding hydrogens is 326 g/mol. The van der Waals surface area contributed by atoms with E-state index in [2.05, 4.69) is 65.6 Å². The minimum atomic E-state index is -0.913. The quantitative estimate of drug-likeness (QED) is 0.773. The third-order valence-corrected chi connectivity index (χ3v) is 4.72. The van der Waals surface area contributed by atoms with Gasteiger partial charge in [-0.3, -0.25) is 0 Å². The van der Waals surface area contributed by atoms with Gasteiger partial charge in [-0.15, -0.1) is 0 Å². The van der Waals surface area contributed by atoms with Crippen molar-refractivity contribution in [2.45, 2.75) is 12.8 Å². The number of piperidine rings is 1. The van der Waals surface area contributed by atoms with Crippen LogP contribution in [0.15, 0.2) is 66.2 Å². The molecule has 0 saturated carbocycles. The van der Waals surface area contributed by atoms with Gasteiger partial charge in [-0.05, 0) is 29.5 Å². The minimum Gasteiger partial charge on any atom is -0.480 e. The van der Waals surface area contributed by atoms with Crippen molar-refractivity contribution in [1.82, 2.24) is 4.90 Å². The van der Waals surface area contributed by atoms with E-state index in [1.54, 1.807) is 0 Å². The molecule has 1 N–H and O–H groups in total. The molecule has 3 rings (SSSR count). The van der Waals surface area contributed by atoms with Gasteiger partial charge >= 0.3 is 5.97 Å². The number of carboxylic acids is 1. The second kappa shape index (κ2) is 9.32. The highest BCUT2D eigenvalue weighted by molar-refractivity contribution is 5.82. The molecule has 0 spiro atoms. The molecule has 136 valence electrons. The van der Waals surface area contributed by atoms with Crippen LogP contribution in [0.3, 0.4) is 0 Å². The van der Waals surface area contributed by atoms with Crippen molar-refractivity contribution >= 4 is 11.5 Å². The van der Waals surface area contributed by atoms with Gasteiger partial charge in [0.05, 0.1) is 6.61 Å². The van der Waals surface area contributed by atoms with Gasteiger partial charge in [0, 0.05) is 19.6 Å². The Hall–Kier alpha value is -2.43. The zero-order chi connectivity index (χ0) is 18.2. The van der Waals surface area contributed by atoms with Crippen LogP contribution in [-0.4, -0.2) is 48.8 Å². The largest absolute Gasteiger partial charge is 0.480 e. The second-order valence-corrected chi connectivity index (χ2v) is 6.50. The Labute approximate surface area is 154 Å². The molecule has 1 aliphatic rings. The van der Waals surface area contributed by atoms with Crippen LogP contribution in [0.25, 0.3) is 5.57 Å². The average Bonchev–Trinajstić information content (AvgIpc) is 2.68. The van der Waals surface area contributed by atoms with E-state index in [0.717, 1.165) is 32.5 Å². The topological polar surface area (TPSA) is 49.8 Å². The first kappa shape index (κ1) is 18.4.